The third-order valence-corrected chi connectivity index (χ3v) is 3.16. The summed E-state index contributed by atoms with van der Waals surface area (Å²) in [7, 11) is 0. The fraction of sp³-hybridized carbons (Fsp3) is 0.600. The third-order valence-electron chi connectivity index (χ3n) is 2.81. The maximum atomic E-state index is 8.76. The molecule has 0 spiro atoms. The molecule has 110 valence electrons. The van der Waals surface area contributed by atoms with Crippen molar-refractivity contribution in [3.8, 4) is 6.07 Å². The molecule has 1 rings (SSSR count). The van der Waals surface area contributed by atoms with Crippen molar-refractivity contribution < 1.29 is 0 Å². The van der Waals surface area contributed by atoms with Crippen LogP contribution in [-0.2, 0) is 6.54 Å². The summed E-state index contributed by atoms with van der Waals surface area (Å²) >= 11 is 6.23. The van der Waals surface area contributed by atoms with Crippen molar-refractivity contribution in [1.29, 1.82) is 5.26 Å². The minimum Gasteiger partial charge on any atom is -0.370 e. The van der Waals surface area contributed by atoms with E-state index < -0.39 is 0 Å². The Kier molecular flexibility index (Phi) is 7.35. The zero-order valence-electron chi connectivity index (χ0n) is 12.5. The van der Waals surface area contributed by atoms with E-state index in [1.54, 1.807) is 0 Å². The van der Waals surface area contributed by atoms with Crippen LogP contribution in [0, 0.1) is 17.2 Å². The monoisotopic (exact) mass is 294 g/mol. The number of rotatable bonds is 8. The number of anilines is 1. The molecule has 0 unspecified atom stereocenters. The third kappa shape index (κ3) is 5.77. The largest absolute Gasteiger partial charge is 0.370 e. The van der Waals surface area contributed by atoms with Gasteiger partial charge in [0.1, 0.15) is 5.82 Å². The number of hydrogen-bond acceptors (Lipinski definition) is 4. The Morgan fingerprint density at radius 2 is 2.20 bits per heavy atom. The van der Waals surface area contributed by atoms with Gasteiger partial charge in [-0.1, -0.05) is 25.4 Å². The van der Waals surface area contributed by atoms with E-state index in [1.165, 1.54) is 0 Å². The van der Waals surface area contributed by atoms with Crippen LogP contribution in [0.5, 0.6) is 0 Å². The second-order valence-corrected chi connectivity index (χ2v) is 5.60. The number of nitrogens with zero attached hydrogens (tertiary/aromatic N) is 3. The average Bonchev–Trinajstić information content (AvgIpc) is 2.39. The molecular weight excluding hydrogens is 272 g/mol. The number of nitriles is 1. The summed E-state index contributed by atoms with van der Waals surface area (Å²) in [6.45, 7) is 9.57. The first-order valence-corrected chi connectivity index (χ1v) is 7.43. The first-order valence-electron chi connectivity index (χ1n) is 7.05. The molecule has 1 N–H and O–H groups in total. The van der Waals surface area contributed by atoms with Gasteiger partial charge in [-0.3, -0.25) is 4.90 Å². The van der Waals surface area contributed by atoms with Crippen molar-refractivity contribution in [2.75, 3.05) is 25.0 Å². The summed E-state index contributed by atoms with van der Waals surface area (Å²) in [6, 6.07) is 5.96. The average molecular weight is 295 g/mol. The Hall–Kier alpha value is -1.31. The molecule has 0 aromatic carbocycles. The van der Waals surface area contributed by atoms with Crippen molar-refractivity contribution in [3.05, 3.63) is 22.8 Å². The van der Waals surface area contributed by atoms with Crippen LogP contribution in [0.1, 0.15) is 32.9 Å². The lowest BCUT2D eigenvalue weighted by Crippen LogP contribution is -2.29. The number of hydrogen-bond donors (Lipinski definition) is 1. The second-order valence-electron chi connectivity index (χ2n) is 5.19. The van der Waals surface area contributed by atoms with E-state index in [9.17, 15) is 0 Å². The van der Waals surface area contributed by atoms with Gasteiger partial charge in [-0.2, -0.15) is 5.26 Å². The van der Waals surface area contributed by atoms with Gasteiger partial charge in [0, 0.05) is 32.6 Å². The zero-order chi connectivity index (χ0) is 15.0. The van der Waals surface area contributed by atoms with Crippen molar-refractivity contribution in [2.24, 2.45) is 5.92 Å². The number of aromatic nitrogens is 1. The van der Waals surface area contributed by atoms with Crippen LogP contribution in [0.15, 0.2) is 12.1 Å². The molecule has 4 nitrogen and oxygen atoms in total. The van der Waals surface area contributed by atoms with Crippen molar-refractivity contribution in [2.45, 2.75) is 33.7 Å². The molecule has 0 aliphatic carbocycles. The topological polar surface area (TPSA) is 52.0 Å². The number of nitrogens with one attached hydrogen (secondary N) is 1. The highest BCUT2D eigenvalue weighted by Crippen LogP contribution is 2.19. The Morgan fingerprint density at radius 3 is 2.80 bits per heavy atom. The minimum atomic E-state index is 0.525. The molecule has 0 radical (unpaired) electrons. The first-order chi connectivity index (χ1) is 9.56. The van der Waals surface area contributed by atoms with Crippen LogP contribution in [0.25, 0.3) is 0 Å². The van der Waals surface area contributed by atoms with Crippen molar-refractivity contribution in [3.63, 3.8) is 0 Å². The minimum absolute atomic E-state index is 0.525. The highest BCUT2D eigenvalue weighted by molar-refractivity contribution is 6.31. The first kappa shape index (κ1) is 16.7. The fourth-order valence-corrected chi connectivity index (χ4v) is 2.21. The molecule has 0 saturated heterocycles. The summed E-state index contributed by atoms with van der Waals surface area (Å²) in [6.07, 6.45) is 0.525. The highest BCUT2D eigenvalue weighted by atomic mass is 35.5. The summed E-state index contributed by atoms with van der Waals surface area (Å²) in [5, 5.41) is 12.6. The van der Waals surface area contributed by atoms with Crippen LogP contribution in [0.3, 0.4) is 0 Å². The molecule has 1 heterocycles. The van der Waals surface area contributed by atoms with Crippen LogP contribution >= 0.6 is 11.6 Å². The molecule has 1 aromatic heterocycles. The maximum Gasteiger partial charge on any atom is 0.126 e. The molecule has 0 saturated carbocycles. The molecular formula is C15H23ClN4. The fourth-order valence-electron chi connectivity index (χ4n) is 2.05. The van der Waals surface area contributed by atoms with Crippen LogP contribution in [-0.4, -0.2) is 29.5 Å². The lowest BCUT2D eigenvalue weighted by molar-refractivity contribution is 0.239. The van der Waals surface area contributed by atoms with E-state index in [0.29, 0.717) is 23.9 Å². The van der Waals surface area contributed by atoms with Crippen LogP contribution in [0.2, 0.25) is 5.02 Å². The quantitative estimate of drug-likeness (QED) is 0.797. The highest BCUT2D eigenvalue weighted by Gasteiger charge is 2.12. The van der Waals surface area contributed by atoms with E-state index >= 15 is 0 Å². The molecule has 0 aliphatic rings. The Balaban J connectivity index is 2.80. The maximum absolute atomic E-state index is 8.76. The molecule has 1 aromatic rings. The van der Waals surface area contributed by atoms with Gasteiger partial charge in [0.2, 0.25) is 0 Å². The van der Waals surface area contributed by atoms with E-state index in [4.69, 9.17) is 16.9 Å². The predicted molar refractivity (Wildman–Crippen MR) is 83.8 cm³/mol. The Bertz CT molecular complexity index is 454. The van der Waals surface area contributed by atoms with E-state index in [0.717, 1.165) is 31.1 Å². The smallest absolute Gasteiger partial charge is 0.126 e. The molecule has 0 bridgehead atoms. The normalized spacial score (nSPS) is 10.8. The summed E-state index contributed by atoms with van der Waals surface area (Å²) in [5.41, 5.74) is 0.865. The molecule has 0 fully saturated rings. The lowest BCUT2D eigenvalue weighted by atomic mass is 10.2. The number of halogens is 1. The summed E-state index contributed by atoms with van der Waals surface area (Å²) in [5.74, 6) is 1.39. The van der Waals surface area contributed by atoms with Crippen molar-refractivity contribution in [1.82, 2.24) is 9.88 Å². The Morgan fingerprint density at radius 1 is 1.45 bits per heavy atom. The summed E-state index contributed by atoms with van der Waals surface area (Å²) < 4.78 is 0. The Labute approximate surface area is 126 Å². The van der Waals surface area contributed by atoms with Gasteiger partial charge in [-0.05, 0) is 25.0 Å². The standard InChI is InChI=1S/C15H23ClN4/c1-4-18-15-7-6-13(16)14(19-15)11-20(9-5-8-17)10-12(2)3/h6-7,12H,4-5,9-11H2,1-3H3,(H,18,19). The van der Waals surface area contributed by atoms with Gasteiger partial charge in [-0.15, -0.1) is 0 Å². The number of pyridine rings is 1. The molecule has 0 atom stereocenters. The van der Waals surface area contributed by atoms with Crippen LogP contribution in [0.4, 0.5) is 5.82 Å². The lowest BCUT2D eigenvalue weighted by Gasteiger charge is -2.23. The van der Waals surface area contributed by atoms with E-state index in [1.807, 2.05) is 19.1 Å². The molecule has 0 aliphatic heterocycles. The van der Waals surface area contributed by atoms with Gasteiger partial charge >= 0.3 is 0 Å². The molecule has 5 heteroatoms. The van der Waals surface area contributed by atoms with Crippen LogP contribution < -0.4 is 5.32 Å². The predicted octanol–water partition coefficient (Wildman–Crippen LogP) is 3.54. The van der Waals surface area contributed by atoms with Gasteiger partial charge in [-0.25, -0.2) is 4.98 Å². The van der Waals surface area contributed by atoms with Gasteiger partial charge in [0.15, 0.2) is 0 Å². The SMILES string of the molecule is CCNc1ccc(Cl)c(CN(CCC#N)CC(C)C)n1. The van der Waals surface area contributed by atoms with Gasteiger partial charge < -0.3 is 5.32 Å². The van der Waals surface area contributed by atoms with Crippen molar-refractivity contribution >= 4 is 17.4 Å². The zero-order valence-corrected chi connectivity index (χ0v) is 13.2. The molecule has 20 heavy (non-hydrogen) atoms. The summed E-state index contributed by atoms with van der Waals surface area (Å²) in [4.78, 5) is 6.78. The second kappa shape index (κ2) is 8.78. The van der Waals surface area contributed by atoms with Gasteiger partial charge in [0.25, 0.3) is 0 Å². The van der Waals surface area contributed by atoms with E-state index in [2.05, 4.69) is 35.1 Å². The molecule has 0 amide bonds. The van der Waals surface area contributed by atoms with E-state index in [-0.39, 0.29) is 0 Å². The van der Waals surface area contributed by atoms with Gasteiger partial charge in [0.05, 0.1) is 16.8 Å².